The van der Waals surface area contributed by atoms with Crippen LogP contribution in [-0.2, 0) is 25.5 Å². The van der Waals surface area contributed by atoms with Crippen molar-refractivity contribution in [2.45, 2.75) is 49.9 Å². The van der Waals surface area contributed by atoms with Gasteiger partial charge in [0.15, 0.2) is 6.23 Å². The van der Waals surface area contributed by atoms with E-state index in [-0.39, 0.29) is 18.3 Å². The summed E-state index contributed by atoms with van der Waals surface area (Å²) < 4.78 is 47.8. The maximum Gasteiger partial charge on any atom is 0.471 e. The zero-order chi connectivity index (χ0) is 23.5. The lowest BCUT2D eigenvalue weighted by Crippen LogP contribution is -2.47. The second kappa shape index (κ2) is 10.1. The summed E-state index contributed by atoms with van der Waals surface area (Å²) in [5, 5.41) is 12.1. The van der Waals surface area contributed by atoms with Gasteiger partial charge in [0.25, 0.3) is 0 Å². The molecule has 0 bridgehead atoms. The Kier molecular flexibility index (Phi) is 7.67. The highest BCUT2D eigenvalue weighted by Crippen LogP contribution is 2.35. The molecule has 4 unspecified atom stereocenters. The summed E-state index contributed by atoms with van der Waals surface area (Å²) in [6, 6.07) is -1.41. The number of anilines is 2. The van der Waals surface area contributed by atoms with Gasteiger partial charge in [-0.3, -0.25) is 4.79 Å². The third-order valence-electron chi connectivity index (χ3n) is 5.21. The van der Waals surface area contributed by atoms with Crippen LogP contribution in [0.1, 0.15) is 18.4 Å². The van der Waals surface area contributed by atoms with Crippen LogP contribution in [0.25, 0.3) is 0 Å². The monoisotopic (exact) mass is 479 g/mol. The Morgan fingerprint density at radius 1 is 1.47 bits per heavy atom. The highest BCUT2D eigenvalue weighted by molar-refractivity contribution is 7.99. The minimum absolute atomic E-state index is 0.0481. The Morgan fingerprint density at radius 2 is 2.22 bits per heavy atom. The van der Waals surface area contributed by atoms with Crippen LogP contribution >= 0.6 is 11.8 Å². The molecule has 32 heavy (non-hydrogen) atoms. The van der Waals surface area contributed by atoms with E-state index in [1.165, 1.54) is 18.1 Å². The molecule has 0 aliphatic carbocycles. The molecule has 1 aromatic heterocycles. The lowest BCUT2D eigenvalue weighted by molar-refractivity contribution is -0.175. The number of carbonyl (C=O) groups is 2. The van der Waals surface area contributed by atoms with E-state index < -0.39 is 36.4 Å². The van der Waals surface area contributed by atoms with Gasteiger partial charge < -0.3 is 30.5 Å². The van der Waals surface area contributed by atoms with Crippen LogP contribution in [0.3, 0.4) is 0 Å². The predicted molar refractivity (Wildman–Crippen MR) is 109 cm³/mol. The highest BCUT2D eigenvalue weighted by atomic mass is 32.2. The number of amides is 1. The topological polar surface area (TPSA) is 140 Å². The van der Waals surface area contributed by atoms with Crippen molar-refractivity contribution in [3.8, 4) is 0 Å². The van der Waals surface area contributed by atoms with Crippen molar-refractivity contribution in [1.29, 1.82) is 0 Å². The third-order valence-corrected chi connectivity index (χ3v) is 6.34. The van der Waals surface area contributed by atoms with Gasteiger partial charge in [0, 0.05) is 24.3 Å². The minimum atomic E-state index is -5.09. The number of fused-ring (bicyclic) bond motifs is 1. The fourth-order valence-corrected chi connectivity index (χ4v) is 4.70. The molecule has 4 atom stereocenters. The number of halogens is 3. The van der Waals surface area contributed by atoms with Crippen molar-refractivity contribution in [2.75, 3.05) is 35.8 Å². The second-order valence-electron chi connectivity index (χ2n) is 7.37. The van der Waals surface area contributed by atoms with Gasteiger partial charge in [-0.25, -0.2) is 14.8 Å². The molecular formula is C18H24F3N5O5S. The largest absolute Gasteiger partial charge is 0.471 e. The standard InChI is InChI=1S/C18H24F3N5O5S/c1-30-16(28)11(25-17(29)18(19,20)21)3-5-32-7-9-6-12(27)15(31-9)26-4-2-10-13(22)23-8-24-14(10)26/h8-9,11-12,15,27H,2-7H2,1H3,(H,25,29)(H2,22,23,24). The van der Waals surface area contributed by atoms with Crippen molar-refractivity contribution in [1.82, 2.24) is 15.3 Å². The Bertz CT molecular complexity index is 846. The molecule has 1 aromatic rings. The Labute approximate surface area is 186 Å². The van der Waals surface area contributed by atoms with Gasteiger partial charge in [-0.15, -0.1) is 0 Å². The average Bonchev–Trinajstić information content (AvgIpc) is 3.32. The quantitative estimate of drug-likeness (QED) is 0.351. The van der Waals surface area contributed by atoms with E-state index >= 15 is 0 Å². The van der Waals surface area contributed by atoms with Gasteiger partial charge in [-0.05, 0) is 18.6 Å². The number of nitrogens with two attached hydrogens (primary N) is 1. The molecule has 4 N–H and O–H groups in total. The molecule has 10 nitrogen and oxygen atoms in total. The number of methoxy groups -OCH3 is 1. The van der Waals surface area contributed by atoms with Gasteiger partial charge >= 0.3 is 18.1 Å². The number of thioether (sulfide) groups is 1. The molecule has 178 valence electrons. The molecule has 3 rings (SSSR count). The fraction of sp³-hybridized carbons (Fsp3) is 0.667. The lowest BCUT2D eigenvalue weighted by atomic mass is 10.2. The summed E-state index contributed by atoms with van der Waals surface area (Å²) in [6.07, 6.45) is -4.41. The summed E-state index contributed by atoms with van der Waals surface area (Å²) in [4.78, 5) is 32.9. The minimum Gasteiger partial charge on any atom is -0.467 e. The molecule has 2 aliphatic heterocycles. The SMILES string of the molecule is COC(=O)C(CCSCC1CC(O)C(N2CCc3c(N)ncnc32)O1)NC(=O)C(F)(F)F. The van der Waals surface area contributed by atoms with Gasteiger partial charge in [-0.1, -0.05) is 0 Å². The molecule has 3 heterocycles. The molecule has 1 fully saturated rings. The van der Waals surface area contributed by atoms with E-state index in [0.717, 1.165) is 12.7 Å². The van der Waals surface area contributed by atoms with Crippen LogP contribution in [0.2, 0.25) is 0 Å². The first-order valence-electron chi connectivity index (χ1n) is 9.84. The van der Waals surface area contributed by atoms with Gasteiger partial charge in [0.2, 0.25) is 0 Å². The summed E-state index contributed by atoms with van der Waals surface area (Å²) >= 11 is 1.34. The van der Waals surface area contributed by atoms with Crippen molar-refractivity contribution < 1.29 is 37.3 Å². The summed E-state index contributed by atoms with van der Waals surface area (Å²) in [5.74, 6) is -1.40. The molecule has 14 heteroatoms. The van der Waals surface area contributed by atoms with Crippen LogP contribution in [0, 0.1) is 0 Å². The maximum absolute atomic E-state index is 12.5. The molecule has 1 amide bonds. The molecule has 2 aliphatic rings. The number of nitrogen functional groups attached to an aromatic ring is 1. The number of aliphatic hydroxyl groups is 1. The molecular weight excluding hydrogens is 455 g/mol. The van der Waals surface area contributed by atoms with E-state index in [1.807, 2.05) is 4.90 Å². The predicted octanol–water partition coefficient (Wildman–Crippen LogP) is 0.241. The first kappa shape index (κ1) is 24.3. The lowest BCUT2D eigenvalue weighted by Gasteiger charge is -2.27. The number of aliphatic hydroxyl groups excluding tert-OH is 1. The Balaban J connectivity index is 1.48. The van der Waals surface area contributed by atoms with Crippen LogP contribution in [0.4, 0.5) is 24.8 Å². The smallest absolute Gasteiger partial charge is 0.467 e. The van der Waals surface area contributed by atoms with Crippen LogP contribution in [0.15, 0.2) is 6.33 Å². The number of ether oxygens (including phenoxy) is 2. The fourth-order valence-electron chi connectivity index (χ4n) is 3.65. The number of alkyl halides is 3. The van der Waals surface area contributed by atoms with Crippen LogP contribution in [-0.4, -0.2) is 82.8 Å². The molecule has 1 saturated heterocycles. The number of esters is 1. The van der Waals surface area contributed by atoms with Crippen molar-refractivity contribution in [2.24, 2.45) is 0 Å². The number of nitrogens with zero attached hydrogens (tertiary/aromatic N) is 3. The maximum atomic E-state index is 12.5. The summed E-state index contributed by atoms with van der Waals surface area (Å²) in [5.41, 5.74) is 6.70. The number of hydrogen-bond donors (Lipinski definition) is 3. The van der Waals surface area contributed by atoms with Crippen LogP contribution < -0.4 is 16.0 Å². The van der Waals surface area contributed by atoms with E-state index in [1.54, 1.807) is 5.32 Å². The average molecular weight is 479 g/mol. The van der Waals surface area contributed by atoms with E-state index in [4.69, 9.17) is 10.5 Å². The van der Waals surface area contributed by atoms with Crippen molar-refractivity contribution in [3.05, 3.63) is 11.9 Å². The number of carbonyl (C=O) groups excluding carboxylic acids is 2. The van der Waals surface area contributed by atoms with Gasteiger partial charge in [0.1, 0.15) is 30.1 Å². The zero-order valence-corrected chi connectivity index (χ0v) is 18.0. The van der Waals surface area contributed by atoms with E-state index in [9.17, 15) is 27.9 Å². The molecule has 0 spiro atoms. The molecule has 0 radical (unpaired) electrons. The van der Waals surface area contributed by atoms with Crippen LogP contribution in [0.5, 0.6) is 0 Å². The summed E-state index contributed by atoms with van der Waals surface area (Å²) in [7, 11) is 1.03. The van der Waals surface area contributed by atoms with Crippen molar-refractivity contribution >= 4 is 35.3 Å². The van der Waals surface area contributed by atoms with Gasteiger partial charge in [-0.2, -0.15) is 24.9 Å². The van der Waals surface area contributed by atoms with Gasteiger partial charge in [0.05, 0.1) is 13.2 Å². The Morgan fingerprint density at radius 3 is 2.91 bits per heavy atom. The van der Waals surface area contributed by atoms with Crippen molar-refractivity contribution in [3.63, 3.8) is 0 Å². The zero-order valence-electron chi connectivity index (χ0n) is 17.2. The van der Waals surface area contributed by atoms with E-state index in [2.05, 4.69) is 14.7 Å². The number of rotatable bonds is 8. The van der Waals surface area contributed by atoms with E-state index in [0.29, 0.717) is 36.8 Å². The Hall–Kier alpha value is -2.32. The third kappa shape index (κ3) is 5.53. The number of nitrogens with one attached hydrogen (secondary N) is 1. The molecule has 0 saturated carbocycles. The number of aromatic nitrogens is 2. The molecule has 0 aromatic carbocycles. The summed E-state index contributed by atoms with van der Waals surface area (Å²) in [6.45, 7) is 0.583. The first-order valence-corrected chi connectivity index (χ1v) is 11.0. The normalized spacial score (nSPS) is 23.7. The highest BCUT2D eigenvalue weighted by Gasteiger charge is 2.42. The first-order chi connectivity index (χ1) is 15.1. The number of hydrogen-bond acceptors (Lipinski definition) is 10. The second-order valence-corrected chi connectivity index (χ2v) is 8.52.